The Kier molecular flexibility index (Phi) is 3.83. The zero-order valence-electron chi connectivity index (χ0n) is 12.2. The van der Waals surface area contributed by atoms with Crippen LogP contribution in [-0.2, 0) is 0 Å². The minimum Gasteiger partial charge on any atom is -0.393 e. The van der Waals surface area contributed by atoms with Crippen LogP contribution in [-0.4, -0.2) is 42.9 Å². The minimum atomic E-state index is -0.335. The Morgan fingerprint density at radius 2 is 2.05 bits per heavy atom. The lowest BCUT2D eigenvalue weighted by Crippen LogP contribution is -2.22. The van der Waals surface area contributed by atoms with Crippen molar-refractivity contribution in [2.45, 2.75) is 38.7 Å². The molecule has 0 aliphatic heterocycles. The number of aliphatic hydroxyl groups is 1. The van der Waals surface area contributed by atoms with Gasteiger partial charge < -0.3 is 10.4 Å². The number of hydrogen-bond acceptors (Lipinski definition) is 6. The van der Waals surface area contributed by atoms with Crippen LogP contribution in [0.3, 0.4) is 0 Å². The number of aryl methyl sites for hydroxylation is 2. The molecule has 3 atom stereocenters. The maximum absolute atomic E-state index is 10.2. The third-order valence-corrected chi connectivity index (χ3v) is 3.98. The summed E-state index contributed by atoms with van der Waals surface area (Å²) in [6.07, 6.45) is 2.78. The number of H-pyrrole nitrogens is 1. The molecule has 1 aliphatic carbocycles. The molecule has 2 aromatic rings. The maximum Gasteiger partial charge on any atom is 0.223 e. The lowest BCUT2D eigenvalue weighted by atomic mass is 10.0. The zero-order chi connectivity index (χ0) is 14.8. The van der Waals surface area contributed by atoms with Gasteiger partial charge in [0.25, 0.3) is 0 Å². The predicted molar refractivity (Wildman–Crippen MR) is 77.9 cm³/mol. The number of aliphatic hydroxyl groups excluding tert-OH is 1. The van der Waals surface area contributed by atoms with Crippen molar-refractivity contribution in [1.82, 2.24) is 25.1 Å². The van der Waals surface area contributed by atoms with Gasteiger partial charge in [0.15, 0.2) is 0 Å². The second-order valence-electron chi connectivity index (χ2n) is 5.72. The van der Waals surface area contributed by atoms with Gasteiger partial charge in [-0.25, -0.2) is 15.0 Å². The van der Waals surface area contributed by atoms with E-state index in [-0.39, 0.29) is 17.9 Å². The van der Waals surface area contributed by atoms with E-state index < -0.39 is 0 Å². The number of anilines is 1. The molecule has 112 valence electrons. The average molecular weight is 288 g/mol. The molecule has 0 unspecified atom stereocenters. The maximum atomic E-state index is 10.2. The van der Waals surface area contributed by atoms with Crippen LogP contribution in [0.15, 0.2) is 12.4 Å². The van der Waals surface area contributed by atoms with Gasteiger partial charge in [0.1, 0.15) is 12.2 Å². The third kappa shape index (κ3) is 3.18. The smallest absolute Gasteiger partial charge is 0.223 e. The Morgan fingerprint density at radius 1 is 1.29 bits per heavy atom. The van der Waals surface area contributed by atoms with Crippen LogP contribution in [0.4, 0.5) is 5.95 Å². The molecular weight excluding hydrogens is 268 g/mol. The molecule has 2 aromatic heterocycles. The Morgan fingerprint density at radius 3 is 2.71 bits per heavy atom. The highest BCUT2D eigenvalue weighted by molar-refractivity contribution is 5.28. The number of rotatable bonds is 4. The fraction of sp³-hybridized carbons (Fsp3) is 0.571. The molecule has 1 fully saturated rings. The highest BCUT2D eigenvalue weighted by Crippen LogP contribution is 2.36. The summed E-state index contributed by atoms with van der Waals surface area (Å²) in [6, 6.07) is 1.94. The van der Waals surface area contributed by atoms with E-state index in [2.05, 4.69) is 30.5 Å². The van der Waals surface area contributed by atoms with Crippen LogP contribution in [0, 0.1) is 19.8 Å². The van der Waals surface area contributed by atoms with E-state index in [0.717, 1.165) is 30.1 Å². The molecule has 0 spiro atoms. The third-order valence-electron chi connectivity index (χ3n) is 3.98. The summed E-state index contributed by atoms with van der Waals surface area (Å²) in [6.45, 7) is 4.56. The molecule has 1 aliphatic rings. The molecule has 0 saturated heterocycles. The lowest BCUT2D eigenvalue weighted by Gasteiger charge is -2.15. The van der Waals surface area contributed by atoms with Crippen molar-refractivity contribution in [3.8, 4) is 0 Å². The monoisotopic (exact) mass is 288 g/mol. The van der Waals surface area contributed by atoms with E-state index >= 15 is 0 Å². The van der Waals surface area contributed by atoms with Gasteiger partial charge in [0.05, 0.1) is 6.10 Å². The second kappa shape index (κ2) is 5.77. The van der Waals surface area contributed by atoms with Crippen LogP contribution < -0.4 is 5.32 Å². The first-order valence-electron chi connectivity index (χ1n) is 7.21. The summed E-state index contributed by atoms with van der Waals surface area (Å²) in [7, 11) is 0. The molecule has 3 N–H and O–H groups in total. The highest BCUT2D eigenvalue weighted by Gasteiger charge is 2.35. The van der Waals surface area contributed by atoms with Gasteiger partial charge in [0, 0.05) is 29.8 Å². The SMILES string of the molecule is Cc1cc(C)nc(NC[C@@H]2C[C@@H](c3ncn[nH]3)C[C@@H]2O)n1. The van der Waals surface area contributed by atoms with Crippen LogP contribution >= 0.6 is 0 Å². The van der Waals surface area contributed by atoms with E-state index in [0.29, 0.717) is 12.5 Å². The lowest BCUT2D eigenvalue weighted by molar-refractivity contribution is 0.137. The molecule has 21 heavy (non-hydrogen) atoms. The van der Waals surface area contributed by atoms with Gasteiger partial charge in [-0.3, -0.25) is 5.10 Å². The molecule has 7 heteroatoms. The number of hydrogen-bond donors (Lipinski definition) is 3. The molecule has 1 saturated carbocycles. The number of nitrogens with zero attached hydrogens (tertiary/aromatic N) is 4. The molecule has 7 nitrogen and oxygen atoms in total. The standard InChI is InChI=1S/C14H20N6O/c1-8-3-9(2)19-14(18-8)15-6-11-4-10(5-12(11)21)13-16-7-17-20-13/h3,7,10-12,21H,4-6H2,1-2H3,(H,15,18,19)(H,16,17,20)/t10-,11+,12+/m1/s1. The van der Waals surface area contributed by atoms with E-state index in [1.807, 2.05) is 19.9 Å². The second-order valence-corrected chi connectivity index (χ2v) is 5.72. The van der Waals surface area contributed by atoms with E-state index in [4.69, 9.17) is 0 Å². The van der Waals surface area contributed by atoms with Crippen molar-refractivity contribution in [2.24, 2.45) is 5.92 Å². The van der Waals surface area contributed by atoms with Gasteiger partial charge in [-0.05, 0) is 32.8 Å². The van der Waals surface area contributed by atoms with Crippen molar-refractivity contribution < 1.29 is 5.11 Å². The highest BCUT2D eigenvalue weighted by atomic mass is 16.3. The molecule has 0 amide bonds. The minimum absolute atomic E-state index is 0.171. The normalized spacial score (nSPS) is 25.2. The van der Waals surface area contributed by atoms with E-state index in [9.17, 15) is 5.11 Å². The summed E-state index contributed by atoms with van der Waals surface area (Å²) < 4.78 is 0. The van der Waals surface area contributed by atoms with Crippen molar-refractivity contribution in [3.05, 3.63) is 29.6 Å². The van der Waals surface area contributed by atoms with Crippen molar-refractivity contribution in [1.29, 1.82) is 0 Å². The van der Waals surface area contributed by atoms with E-state index in [1.54, 1.807) is 0 Å². The summed E-state index contributed by atoms with van der Waals surface area (Å²) in [5.74, 6) is 1.90. The largest absolute Gasteiger partial charge is 0.393 e. The molecule has 0 radical (unpaired) electrons. The van der Waals surface area contributed by atoms with Gasteiger partial charge in [-0.2, -0.15) is 5.10 Å². The number of aromatic nitrogens is 5. The van der Waals surface area contributed by atoms with Gasteiger partial charge in [0.2, 0.25) is 5.95 Å². The first-order chi connectivity index (χ1) is 10.1. The zero-order valence-corrected chi connectivity index (χ0v) is 12.2. The Labute approximate surface area is 123 Å². The predicted octanol–water partition coefficient (Wildman–Crippen LogP) is 1.18. The van der Waals surface area contributed by atoms with Crippen LogP contribution in [0.1, 0.15) is 36.0 Å². The van der Waals surface area contributed by atoms with Crippen LogP contribution in [0.2, 0.25) is 0 Å². The Hall–Kier alpha value is -2.02. The van der Waals surface area contributed by atoms with Crippen molar-refractivity contribution in [3.63, 3.8) is 0 Å². The summed E-state index contributed by atoms with van der Waals surface area (Å²) in [5.41, 5.74) is 1.88. The molecule has 3 rings (SSSR count). The van der Waals surface area contributed by atoms with Crippen LogP contribution in [0.5, 0.6) is 0 Å². The van der Waals surface area contributed by atoms with Gasteiger partial charge >= 0.3 is 0 Å². The molecule has 0 bridgehead atoms. The molecular formula is C14H20N6O. The summed E-state index contributed by atoms with van der Waals surface area (Å²) >= 11 is 0. The quantitative estimate of drug-likeness (QED) is 0.781. The fourth-order valence-electron chi connectivity index (χ4n) is 2.98. The van der Waals surface area contributed by atoms with E-state index in [1.165, 1.54) is 6.33 Å². The summed E-state index contributed by atoms with van der Waals surface area (Å²) in [5, 5.41) is 20.2. The number of aromatic amines is 1. The van der Waals surface area contributed by atoms with Crippen molar-refractivity contribution >= 4 is 5.95 Å². The van der Waals surface area contributed by atoms with Crippen molar-refractivity contribution in [2.75, 3.05) is 11.9 Å². The average Bonchev–Trinajstić information content (AvgIpc) is 3.04. The number of nitrogens with one attached hydrogen (secondary N) is 2. The Balaban J connectivity index is 1.60. The van der Waals surface area contributed by atoms with Crippen LogP contribution in [0.25, 0.3) is 0 Å². The topological polar surface area (TPSA) is 99.6 Å². The first-order valence-corrected chi connectivity index (χ1v) is 7.21. The molecule has 0 aromatic carbocycles. The van der Waals surface area contributed by atoms with Gasteiger partial charge in [-0.15, -0.1) is 0 Å². The first kappa shape index (κ1) is 13.9. The Bertz CT molecular complexity index is 579. The summed E-state index contributed by atoms with van der Waals surface area (Å²) in [4.78, 5) is 12.9. The molecule has 2 heterocycles. The fourth-order valence-corrected chi connectivity index (χ4v) is 2.98. The van der Waals surface area contributed by atoms with Gasteiger partial charge in [-0.1, -0.05) is 0 Å².